The number of rotatable bonds is 4. The van der Waals surface area contributed by atoms with Gasteiger partial charge in [-0.1, -0.05) is 11.2 Å². The summed E-state index contributed by atoms with van der Waals surface area (Å²) >= 11 is 1.65. The molecule has 1 aliphatic heterocycles. The zero-order valence-electron chi connectivity index (χ0n) is 15.9. The Balaban J connectivity index is 1.37. The van der Waals surface area contributed by atoms with E-state index in [0.717, 1.165) is 46.6 Å². The van der Waals surface area contributed by atoms with Crippen molar-refractivity contribution in [1.29, 1.82) is 0 Å². The van der Waals surface area contributed by atoms with Gasteiger partial charge in [-0.05, 0) is 31.2 Å². The lowest BCUT2D eigenvalue weighted by molar-refractivity contribution is 0.427. The molecule has 6 rings (SSSR count). The molecule has 0 amide bonds. The molecule has 146 valence electrons. The SMILES string of the molecule is Cc1cc(-c2cnc(N3CCn4c(nnc4C4CC4)C3)nc2-c2cccs2)on1. The van der Waals surface area contributed by atoms with Gasteiger partial charge in [-0.2, -0.15) is 0 Å². The smallest absolute Gasteiger partial charge is 0.226 e. The second-order valence-corrected chi connectivity index (χ2v) is 8.51. The number of anilines is 1. The maximum Gasteiger partial charge on any atom is 0.226 e. The molecule has 2 aliphatic rings. The van der Waals surface area contributed by atoms with Gasteiger partial charge in [-0.15, -0.1) is 21.5 Å². The van der Waals surface area contributed by atoms with Crippen LogP contribution in [0.4, 0.5) is 5.95 Å². The molecule has 0 spiro atoms. The van der Waals surface area contributed by atoms with Crippen LogP contribution in [0.1, 0.15) is 36.1 Å². The van der Waals surface area contributed by atoms with Crippen LogP contribution in [0.15, 0.2) is 34.3 Å². The van der Waals surface area contributed by atoms with Crippen LogP contribution in [-0.2, 0) is 13.1 Å². The zero-order chi connectivity index (χ0) is 19.4. The third-order valence-electron chi connectivity index (χ3n) is 5.43. The van der Waals surface area contributed by atoms with Crippen molar-refractivity contribution < 1.29 is 4.52 Å². The number of aryl methyl sites for hydroxylation is 1. The highest BCUT2D eigenvalue weighted by atomic mass is 32.1. The fraction of sp³-hybridized carbons (Fsp3) is 0.350. The number of aromatic nitrogens is 6. The lowest BCUT2D eigenvalue weighted by Crippen LogP contribution is -2.35. The Kier molecular flexibility index (Phi) is 3.77. The highest BCUT2D eigenvalue weighted by Crippen LogP contribution is 2.40. The molecular formula is C20H19N7OS. The molecule has 1 saturated carbocycles. The van der Waals surface area contributed by atoms with Crippen molar-refractivity contribution in [2.75, 3.05) is 11.4 Å². The molecule has 0 radical (unpaired) electrons. The number of hydrogen-bond donors (Lipinski definition) is 0. The summed E-state index contributed by atoms with van der Waals surface area (Å²) in [7, 11) is 0. The van der Waals surface area contributed by atoms with Crippen molar-refractivity contribution in [2.24, 2.45) is 0 Å². The van der Waals surface area contributed by atoms with Gasteiger partial charge in [0.05, 0.1) is 28.4 Å². The van der Waals surface area contributed by atoms with Crippen LogP contribution in [0.5, 0.6) is 0 Å². The van der Waals surface area contributed by atoms with Crippen LogP contribution in [-0.4, -0.2) is 36.4 Å². The maximum absolute atomic E-state index is 5.49. The molecule has 0 atom stereocenters. The topological polar surface area (TPSA) is 85.8 Å². The van der Waals surface area contributed by atoms with Crippen LogP contribution in [0.2, 0.25) is 0 Å². The fourth-order valence-corrected chi connectivity index (χ4v) is 4.52. The Hall–Kier alpha value is -3.07. The Labute approximate surface area is 171 Å². The summed E-state index contributed by atoms with van der Waals surface area (Å²) in [6, 6.07) is 6.01. The van der Waals surface area contributed by atoms with E-state index in [1.807, 2.05) is 25.3 Å². The van der Waals surface area contributed by atoms with E-state index in [2.05, 4.69) is 41.3 Å². The van der Waals surface area contributed by atoms with Crippen LogP contribution < -0.4 is 4.90 Å². The minimum Gasteiger partial charge on any atom is -0.356 e. The second-order valence-electron chi connectivity index (χ2n) is 7.56. The lowest BCUT2D eigenvalue weighted by Gasteiger charge is -2.28. The lowest BCUT2D eigenvalue weighted by atomic mass is 10.1. The molecule has 0 unspecified atom stereocenters. The van der Waals surface area contributed by atoms with Gasteiger partial charge >= 0.3 is 0 Å². The van der Waals surface area contributed by atoms with E-state index in [1.54, 1.807) is 11.3 Å². The van der Waals surface area contributed by atoms with Gasteiger partial charge in [0.1, 0.15) is 5.82 Å². The van der Waals surface area contributed by atoms with Gasteiger partial charge < -0.3 is 14.0 Å². The molecule has 4 aromatic heterocycles. The quantitative estimate of drug-likeness (QED) is 0.512. The molecule has 29 heavy (non-hydrogen) atoms. The average molecular weight is 405 g/mol. The normalized spacial score (nSPS) is 16.2. The van der Waals surface area contributed by atoms with Gasteiger partial charge in [0.25, 0.3) is 0 Å². The first kappa shape index (κ1) is 16.8. The number of fused-ring (bicyclic) bond motifs is 1. The zero-order valence-corrected chi connectivity index (χ0v) is 16.8. The van der Waals surface area contributed by atoms with E-state index < -0.39 is 0 Å². The summed E-state index contributed by atoms with van der Waals surface area (Å²) in [5, 5.41) is 14.9. The van der Waals surface area contributed by atoms with Crippen molar-refractivity contribution in [2.45, 2.75) is 38.8 Å². The summed E-state index contributed by atoms with van der Waals surface area (Å²) in [6.07, 6.45) is 4.31. The second kappa shape index (κ2) is 6.48. The van der Waals surface area contributed by atoms with Crippen molar-refractivity contribution in [3.63, 3.8) is 0 Å². The van der Waals surface area contributed by atoms with E-state index in [0.29, 0.717) is 24.2 Å². The van der Waals surface area contributed by atoms with Crippen molar-refractivity contribution in [3.05, 3.63) is 47.1 Å². The molecule has 1 aliphatic carbocycles. The van der Waals surface area contributed by atoms with Gasteiger partial charge in [-0.3, -0.25) is 0 Å². The van der Waals surface area contributed by atoms with E-state index in [-0.39, 0.29) is 0 Å². The van der Waals surface area contributed by atoms with Crippen LogP contribution in [0, 0.1) is 6.92 Å². The van der Waals surface area contributed by atoms with Gasteiger partial charge in [0, 0.05) is 31.3 Å². The maximum atomic E-state index is 5.49. The monoisotopic (exact) mass is 405 g/mol. The Morgan fingerprint density at radius 2 is 2.14 bits per heavy atom. The molecule has 4 aromatic rings. The number of thiophene rings is 1. The van der Waals surface area contributed by atoms with Crippen molar-refractivity contribution in [1.82, 2.24) is 29.9 Å². The Morgan fingerprint density at radius 3 is 2.90 bits per heavy atom. The molecule has 0 N–H and O–H groups in total. The predicted octanol–water partition coefficient (Wildman–Crippen LogP) is 3.66. The molecule has 5 heterocycles. The molecule has 9 heteroatoms. The largest absolute Gasteiger partial charge is 0.356 e. The summed E-state index contributed by atoms with van der Waals surface area (Å²) in [6.45, 7) is 4.29. The Morgan fingerprint density at radius 1 is 1.21 bits per heavy atom. The van der Waals surface area contributed by atoms with E-state index >= 15 is 0 Å². The molecule has 0 aromatic carbocycles. The van der Waals surface area contributed by atoms with Gasteiger partial charge in [0.15, 0.2) is 11.6 Å². The molecule has 1 fully saturated rings. The van der Waals surface area contributed by atoms with E-state index in [4.69, 9.17) is 9.51 Å². The minimum absolute atomic E-state index is 0.606. The highest BCUT2D eigenvalue weighted by Gasteiger charge is 2.32. The van der Waals surface area contributed by atoms with Crippen LogP contribution in [0.25, 0.3) is 21.9 Å². The predicted molar refractivity (Wildman–Crippen MR) is 109 cm³/mol. The Bertz CT molecular complexity index is 1180. The summed E-state index contributed by atoms with van der Waals surface area (Å²) < 4.78 is 7.77. The minimum atomic E-state index is 0.606. The first-order valence-corrected chi connectivity index (χ1v) is 10.7. The first-order chi connectivity index (χ1) is 14.3. The summed E-state index contributed by atoms with van der Waals surface area (Å²) in [5.74, 6) is 4.14. The van der Waals surface area contributed by atoms with Crippen molar-refractivity contribution in [3.8, 4) is 21.9 Å². The molecule has 0 saturated heterocycles. The third kappa shape index (κ3) is 2.93. The van der Waals surface area contributed by atoms with Crippen LogP contribution >= 0.6 is 11.3 Å². The van der Waals surface area contributed by atoms with E-state index in [1.165, 1.54) is 12.8 Å². The molecule has 8 nitrogen and oxygen atoms in total. The van der Waals surface area contributed by atoms with Gasteiger partial charge in [0.2, 0.25) is 5.95 Å². The first-order valence-electron chi connectivity index (χ1n) is 9.78. The highest BCUT2D eigenvalue weighted by molar-refractivity contribution is 7.13. The summed E-state index contributed by atoms with van der Waals surface area (Å²) in [4.78, 5) is 12.8. The average Bonchev–Trinajstić information content (AvgIpc) is 3.13. The molecular weight excluding hydrogens is 386 g/mol. The number of nitrogens with zero attached hydrogens (tertiary/aromatic N) is 7. The van der Waals surface area contributed by atoms with Gasteiger partial charge in [-0.25, -0.2) is 9.97 Å². The third-order valence-corrected chi connectivity index (χ3v) is 6.31. The number of hydrogen-bond acceptors (Lipinski definition) is 8. The van der Waals surface area contributed by atoms with Crippen LogP contribution in [0.3, 0.4) is 0 Å². The standard InChI is InChI=1S/C20H19N7OS/c1-12-9-15(28-25-12)14-10-21-20(22-18(14)16-3-2-8-29-16)26-6-7-27-17(11-26)23-24-19(27)13-4-5-13/h2-3,8-10,13H,4-7,11H2,1H3. The van der Waals surface area contributed by atoms with E-state index in [9.17, 15) is 0 Å². The van der Waals surface area contributed by atoms with Crippen molar-refractivity contribution >= 4 is 17.3 Å². The fourth-order valence-electron chi connectivity index (χ4n) is 3.79. The molecule has 0 bridgehead atoms. The summed E-state index contributed by atoms with van der Waals surface area (Å²) in [5.41, 5.74) is 2.56.